The van der Waals surface area contributed by atoms with Crippen molar-refractivity contribution in [2.45, 2.75) is 19.5 Å². The van der Waals surface area contributed by atoms with E-state index in [0.717, 1.165) is 0 Å². The first-order valence-corrected chi connectivity index (χ1v) is 8.14. The highest BCUT2D eigenvalue weighted by Gasteiger charge is 2.18. The van der Waals surface area contributed by atoms with Crippen molar-refractivity contribution in [2.24, 2.45) is 0 Å². The number of anilines is 1. The molecule has 2 heterocycles. The Balaban J connectivity index is 1.67. The van der Waals surface area contributed by atoms with Crippen molar-refractivity contribution in [2.75, 3.05) is 5.32 Å². The van der Waals surface area contributed by atoms with E-state index in [9.17, 15) is 14.0 Å². The summed E-state index contributed by atoms with van der Waals surface area (Å²) in [4.78, 5) is 27.1. The molecule has 0 saturated carbocycles. The Morgan fingerprint density at radius 2 is 2.11 bits per heavy atom. The van der Waals surface area contributed by atoms with E-state index in [1.807, 2.05) is 0 Å². The average molecular weight is 393 g/mol. The molecule has 9 nitrogen and oxygen atoms in total. The molecule has 0 bridgehead atoms. The Kier molecular flexibility index (Phi) is 5.17. The van der Waals surface area contributed by atoms with Crippen LogP contribution in [0.4, 0.5) is 10.3 Å². The molecule has 0 aliphatic carbocycles. The number of hydrogen-bond acceptors (Lipinski definition) is 5. The highest BCUT2D eigenvalue weighted by Crippen LogP contribution is 2.18. The van der Waals surface area contributed by atoms with Crippen molar-refractivity contribution in [3.8, 4) is 0 Å². The normalized spacial score (nSPS) is 12.0. The third kappa shape index (κ3) is 4.29. The fourth-order valence-electron chi connectivity index (χ4n) is 2.21. The van der Waals surface area contributed by atoms with E-state index in [2.05, 4.69) is 20.5 Å². The van der Waals surface area contributed by atoms with Crippen molar-refractivity contribution in [1.29, 1.82) is 0 Å². The predicted molar refractivity (Wildman–Crippen MR) is 93.1 cm³/mol. The monoisotopic (exact) mass is 392 g/mol. The summed E-state index contributed by atoms with van der Waals surface area (Å²) in [6.45, 7) is 1.69. The zero-order valence-corrected chi connectivity index (χ0v) is 14.8. The molecule has 1 atom stereocenters. The van der Waals surface area contributed by atoms with Gasteiger partial charge in [0, 0.05) is 11.2 Å². The van der Waals surface area contributed by atoms with Gasteiger partial charge in [0.05, 0.1) is 6.54 Å². The third-order valence-electron chi connectivity index (χ3n) is 3.70. The van der Waals surface area contributed by atoms with Gasteiger partial charge in [0.25, 0.3) is 5.91 Å². The highest BCUT2D eigenvalue weighted by molar-refractivity contribution is 6.31. The van der Waals surface area contributed by atoms with Crippen LogP contribution in [0.1, 0.15) is 29.0 Å². The number of carboxylic acids is 1. The number of nitrogens with zero attached hydrogens (tertiary/aromatic N) is 5. The van der Waals surface area contributed by atoms with E-state index >= 15 is 0 Å². The molecular formula is C16H14ClFN6O3. The number of carbonyl (C=O) groups is 2. The van der Waals surface area contributed by atoms with Gasteiger partial charge in [-0.3, -0.25) is 14.8 Å². The lowest BCUT2D eigenvalue weighted by Gasteiger charge is -2.05. The van der Waals surface area contributed by atoms with Crippen molar-refractivity contribution in [3.63, 3.8) is 0 Å². The number of carbonyl (C=O) groups excluding carboxylic acids is 1. The third-order valence-corrected chi connectivity index (χ3v) is 4.06. The molecule has 3 rings (SSSR count). The summed E-state index contributed by atoms with van der Waals surface area (Å²) in [5, 5.41) is 19.7. The van der Waals surface area contributed by atoms with Gasteiger partial charge in [-0.15, -0.1) is 5.10 Å². The molecule has 0 spiro atoms. The number of aliphatic carboxylic acids is 1. The summed E-state index contributed by atoms with van der Waals surface area (Å²) >= 11 is 5.98. The first-order chi connectivity index (χ1) is 12.8. The van der Waals surface area contributed by atoms with Crippen LogP contribution in [0.15, 0.2) is 36.8 Å². The van der Waals surface area contributed by atoms with Crippen LogP contribution in [0.25, 0.3) is 0 Å². The Bertz CT molecular complexity index is 1000. The van der Waals surface area contributed by atoms with Crippen LogP contribution < -0.4 is 5.32 Å². The Labute approximate surface area is 157 Å². The van der Waals surface area contributed by atoms with Crippen LogP contribution in [0.5, 0.6) is 0 Å². The van der Waals surface area contributed by atoms with Gasteiger partial charge in [-0.25, -0.2) is 18.9 Å². The second kappa shape index (κ2) is 7.54. The average Bonchev–Trinajstić information content (AvgIpc) is 3.26. The van der Waals surface area contributed by atoms with Crippen molar-refractivity contribution >= 4 is 29.4 Å². The maximum atomic E-state index is 13.1. The van der Waals surface area contributed by atoms with Gasteiger partial charge >= 0.3 is 5.97 Å². The van der Waals surface area contributed by atoms with E-state index < -0.39 is 23.7 Å². The number of nitrogens with one attached hydrogen (secondary N) is 1. The van der Waals surface area contributed by atoms with Gasteiger partial charge in [-0.2, -0.15) is 5.10 Å². The molecule has 140 valence electrons. The van der Waals surface area contributed by atoms with Gasteiger partial charge in [0.2, 0.25) is 5.95 Å². The number of rotatable bonds is 6. The molecular weight excluding hydrogens is 379 g/mol. The number of hydrogen-bond donors (Lipinski definition) is 2. The lowest BCUT2D eigenvalue weighted by atomic mass is 10.2. The zero-order chi connectivity index (χ0) is 19.6. The molecule has 0 fully saturated rings. The predicted octanol–water partition coefficient (Wildman–Crippen LogP) is 2.21. The van der Waals surface area contributed by atoms with Crippen molar-refractivity contribution in [1.82, 2.24) is 24.5 Å². The summed E-state index contributed by atoms with van der Waals surface area (Å²) < 4.78 is 15.7. The lowest BCUT2D eigenvalue weighted by molar-refractivity contribution is -0.140. The van der Waals surface area contributed by atoms with E-state index in [4.69, 9.17) is 16.7 Å². The zero-order valence-electron chi connectivity index (χ0n) is 14.0. The van der Waals surface area contributed by atoms with Crippen LogP contribution in [0.3, 0.4) is 0 Å². The number of benzene rings is 1. The first kappa shape index (κ1) is 18.5. The largest absolute Gasteiger partial charge is 0.480 e. The summed E-state index contributed by atoms with van der Waals surface area (Å²) in [7, 11) is 0. The maximum Gasteiger partial charge on any atom is 0.328 e. The minimum Gasteiger partial charge on any atom is -0.480 e. The quantitative estimate of drug-likeness (QED) is 0.664. The molecule has 0 radical (unpaired) electrons. The van der Waals surface area contributed by atoms with Crippen LogP contribution >= 0.6 is 11.6 Å². The van der Waals surface area contributed by atoms with E-state index in [-0.39, 0.29) is 23.2 Å². The summed E-state index contributed by atoms with van der Waals surface area (Å²) in [6, 6.07) is 4.52. The van der Waals surface area contributed by atoms with Gasteiger partial charge in [0.1, 0.15) is 18.2 Å². The molecule has 0 aliphatic rings. The summed E-state index contributed by atoms with van der Waals surface area (Å²) in [6.07, 6.45) is 2.79. The maximum absolute atomic E-state index is 13.1. The number of aromatic nitrogens is 5. The van der Waals surface area contributed by atoms with Crippen molar-refractivity contribution < 1.29 is 19.1 Å². The van der Waals surface area contributed by atoms with Gasteiger partial charge in [-0.1, -0.05) is 17.7 Å². The Morgan fingerprint density at radius 3 is 2.81 bits per heavy atom. The minimum atomic E-state index is -1.06. The molecule has 27 heavy (non-hydrogen) atoms. The molecule has 11 heteroatoms. The number of amides is 1. The van der Waals surface area contributed by atoms with Crippen LogP contribution in [-0.2, 0) is 11.3 Å². The Hall–Kier alpha value is -3.27. The first-order valence-electron chi connectivity index (χ1n) is 7.76. The summed E-state index contributed by atoms with van der Waals surface area (Å²) in [5.74, 6) is -2.04. The molecule has 3 aromatic rings. The topological polar surface area (TPSA) is 115 Å². The molecule has 1 aromatic carbocycles. The highest BCUT2D eigenvalue weighted by atomic mass is 35.5. The van der Waals surface area contributed by atoms with Gasteiger partial charge in [-0.05, 0) is 30.7 Å². The second-order valence-electron chi connectivity index (χ2n) is 5.65. The van der Waals surface area contributed by atoms with Crippen LogP contribution in [0.2, 0.25) is 5.02 Å². The number of carboxylic acid groups (broad SMARTS) is 1. The van der Waals surface area contributed by atoms with Crippen molar-refractivity contribution in [3.05, 3.63) is 58.9 Å². The summed E-state index contributed by atoms with van der Waals surface area (Å²) in [5.41, 5.74) is 0.670. The van der Waals surface area contributed by atoms with E-state index in [1.165, 1.54) is 53.1 Å². The Morgan fingerprint density at radius 1 is 1.33 bits per heavy atom. The lowest BCUT2D eigenvalue weighted by Crippen LogP contribution is -2.18. The molecule has 0 aliphatic heterocycles. The fraction of sp³-hybridized carbons (Fsp3) is 0.188. The SMILES string of the molecule is CC(C(=O)O)n1ccc(C(=O)Nc2ncn(Cc3ccc(F)cc3Cl)n2)n1. The van der Waals surface area contributed by atoms with E-state index in [1.54, 1.807) is 0 Å². The van der Waals surface area contributed by atoms with Crippen LogP contribution in [0, 0.1) is 5.82 Å². The minimum absolute atomic E-state index is 0.0287. The molecule has 0 saturated heterocycles. The van der Waals surface area contributed by atoms with Crippen LogP contribution in [-0.4, -0.2) is 41.5 Å². The molecule has 1 amide bonds. The molecule has 1 unspecified atom stereocenters. The van der Waals surface area contributed by atoms with Gasteiger partial charge < -0.3 is 5.11 Å². The molecule has 2 aromatic heterocycles. The smallest absolute Gasteiger partial charge is 0.328 e. The second-order valence-corrected chi connectivity index (χ2v) is 6.06. The number of halogens is 2. The van der Waals surface area contributed by atoms with Gasteiger partial charge in [0.15, 0.2) is 5.69 Å². The standard InChI is InChI=1S/C16H14ClFN6O3/c1-9(15(26)27)24-5-4-13(21-24)14(25)20-16-19-8-23(22-16)7-10-2-3-11(18)6-12(10)17/h2-6,8-9H,7H2,1H3,(H,26,27)(H,20,22,25). The van der Waals surface area contributed by atoms with E-state index in [0.29, 0.717) is 5.56 Å². The fourth-order valence-corrected chi connectivity index (χ4v) is 2.43. The molecule has 2 N–H and O–H groups in total.